The molecule has 1 nitrogen and oxygen atoms in total. The standard InChI is InChI=1S/C8H16O/c1-5-8(6(2)3)7(4)9/h6,9H,5H2,1-4H3. The van der Waals surface area contributed by atoms with Gasteiger partial charge >= 0.3 is 0 Å². The van der Waals surface area contributed by atoms with Crippen LogP contribution in [0.5, 0.6) is 0 Å². The second-order valence-electron chi connectivity index (χ2n) is 2.62. The van der Waals surface area contributed by atoms with Gasteiger partial charge in [0.1, 0.15) is 0 Å². The van der Waals surface area contributed by atoms with Gasteiger partial charge in [0.25, 0.3) is 0 Å². The summed E-state index contributed by atoms with van der Waals surface area (Å²) in [4.78, 5) is 0. The van der Waals surface area contributed by atoms with E-state index >= 15 is 0 Å². The second kappa shape index (κ2) is 3.54. The van der Waals surface area contributed by atoms with Crippen LogP contribution in [0.2, 0.25) is 0 Å². The molecule has 0 aromatic rings. The molecule has 0 saturated carbocycles. The van der Waals surface area contributed by atoms with Gasteiger partial charge in [-0.25, -0.2) is 0 Å². The van der Waals surface area contributed by atoms with E-state index in [-0.39, 0.29) is 0 Å². The van der Waals surface area contributed by atoms with Crippen LogP contribution >= 0.6 is 0 Å². The van der Waals surface area contributed by atoms with Crippen molar-refractivity contribution in [2.75, 3.05) is 0 Å². The van der Waals surface area contributed by atoms with Crippen LogP contribution in [0.25, 0.3) is 0 Å². The molecule has 0 aliphatic rings. The third-order valence-corrected chi connectivity index (χ3v) is 1.54. The van der Waals surface area contributed by atoms with E-state index in [4.69, 9.17) is 5.11 Å². The minimum absolute atomic E-state index is 0.486. The Morgan fingerprint density at radius 3 is 1.89 bits per heavy atom. The fraction of sp³-hybridized carbons (Fsp3) is 0.750. The molecule has 1 N–H and O–H groups in total. The van der Waals surface area contributed by atoms with E-state index < -0.39 is 0 Å². The summed E-state index contributed by atoms with van der Waals surface area (Å²) in [5, 5.41) is 9.06. The van der Waals surface area contributed by atoms with Gasteiger partial charge in [-0.3, -0.25) is 0 Å². The molecule has 0 rings (SSSR count). The molecule has 0 radical (unpaired) electrons. The molecular formula is C8H16O. The molecule has 0 unspecified atom stereocenters. The predicted octanol–water partition coefficient (Wildman–Crippen LogP) is 2.88. The maximum atomic E-state index is 9.06. The smallest absolute Gasteiger partial charge is 0.0886 e. The van der Waals surface area contributed by atoms with Gasteiger partial charge in [0.05, 0.1) is 5.76 Å². The zero-order chi connectivity index (χ0) is 7.44. The van der Waals surface area contributed by atoms with Crippen LogP contribution in [-0.4, -0.2) is 5.11 Å². The zero-order valence-electron chi connectivity index (χ0n) is 6.73. The predicted molar refractivity (Wildman–Crippen MR) is 40.5 cm³/mol. The average molecular weight is 128 g/mol. The Kier molecular flexibility index (Phi) is 3.36. The Balaban J connectivity index is 4.16. The lowest BCUT2D eigenvalue weighted by molar-refractivity contribution is 0.395. The van der Waals surface area contributed by atoms with Gasteiger partial charge in [-0.15, -0.1) is 0 Å². The van der Waals surface area contributed by atoms with Gasteiger partial charge < -0.3 is 5.11 Å². The molecule has 0 atom stereocenters. The van der Waals surface area contributed by atoms with Crippen LogP contribution < -0.4 is 0 Å². The third kappa shape index (κ3) is 2.54. The van der Waals surface area contributed by atoms with Crippen LogP contribution in [0.15, 0.2) is 11.3 Å². The molecule has 0 aliphatic heterocycles. The second-order valence-corrected chi connectivity index (χ2v) is 2.62. The molecule has 0 aromatic carbocycles. The first-order valence-corrected chi connectivity index (χ1v) is 3.48. The summed E-state index contributed by atoms with van der Waals surface area (Å²) in [5.41, 5.74) is 1.16. The number of aliphatic hydroxyl groups excluding tert-OH is 1. The molecule has 0 spiro atoms. The number of hydrogen-bond donors (Lipinski definition) is 1. The van der Waals surface area contributed by atoms with Crippen LogP contribution in [-0.2, 0) is 0 Å². The lowest BCUT2D eigenvalue weighted by atomic mass is 10.00. The highest BCUT2D eigenvalue weighted by molar-refractivity contribution is 5.06. The topological polar surface area (TPSA) is 20.2 Å². The van der Waals surface area contributed by atoms with E-state index in [1.54, 1.807) is 6.92 Å². The summed E-state index contributed by atoms with van der Waals surface area (Å²) in [6, 6.07) is 0. The van der Waals surface area contributed by atoms with E-state index in [1.165, 1.54) is 0 Å². The van der Waals surface area contributed by atoms with Gasteiger partial charge in [-0.1, -0.05) is 20.8 Å². The monoisotopic (exact) mass is 128 g/mol. The summed E-state index contributed by atoms with van der Waals surface area (Å²) in [6.45, 7) is 8.00. The summed E-state index contributed by atoms with van der Waals surface area (Å²) < 4.78 is 0. The van der Waals surface area contributed by atoms with E-state index in [2.05, 4.69) is 20.8 Å². The lowest BCUT2D eigenvalue weighted by Crippen LogP contribution is -1.95. The van der Waals surface area contributed by atoms with Crippen molar-refractivity contribution < 1.29 is 5.11 Å². The highest BCUT2D eigenvalue weighted by Crippen LogP contribution is 2.15. The van der Waals surface area contributed by atoms with E-state index in [9.17, 15) is 0 Å². The summed E-state index contributed by atoms with van der Waals surface area (Å²) >= 11 is 0. The third-order valence-electron chi connectivity index (χ3n) is 1.54. The first kappa shape index (κ1) is 8.54. The van der Waals surface area contributed by atoms with Crippen LogP contribution in [0.4, 0.5) is 0 Å². The van der Waals surface area contributed by atoms with Crippen molar-refractivity contribution in [1.82, 2.24) is 0 Å². The van der Waals surface area contributed by atoms with Gasteiger partial charge in [-0.05, 0) is 24.8 Å². The normalized spacial score (nSPS) is 13.9. The van der Waals surface area contributed by atoms with Crippen molar-refractivity contribution >= 4 is 0 Å². The van der Waals surface area contributed by atoms with Crippen LogP contribution in [0.3, 0.4) is 0 Å². The highest BCUT2D eigenvalue weighted by atomic mass is 16.3. The molecule has 1 heteroatoms. The minimum atomic E-state index is 0.486. The molecule has 0 fully saturated rings. The molecular weight excluding hydrogens is 112 g/mol. The number of rotatable bonds is 2. The molecule has 0 aliphatic carbocycles. The highest BCUT2D eigenvalue weighted by Gasteiger charge is 2.02. The fourth-order valence-electron chi connectivity index (χ4n) is 1.08. The molecule has 0 heterocycles. The first-order chi connectivity index (χ1) is 4.09. The van der Waals surface area contributed by atoms with Gasteiger partial charge in [0.2, 0.25) is 0 Å². The van der Waals surface area contributed by atoms with Gasteiger partial charge in [0.15, 0.2) is 0 Å². The van der Waals surface area contributed by atoms with E-state index in [0.29, 0.717) is 11.7 Å². The Morgan fingerprint density at radius 1 is 1.44 bits per heavy atom. The molecule has 0 bridgehead atoms. The maximum absolute atomic E-state index is 9.06. The SMILES string of the molecule is CCC(=C(C)O)C(C)C. The van der Waals surface area contributed by atoms with E-state index in [0.717, 1.165) is 12.0 Å². The lowest BCUT2D eigenvalue weighted by Gasteiger charge is -2.08. The average Bonchev–Trinajstić information content (AvgIpc) is 1.64. The van der Waals surface area contributed by atoms with Gasteiger partial charge in [0, 0.05) is 0 Å². The largest absolute Gasteiger partial charge is 0.513 e. The van der Waals surface area contributed by atoms with Crippen molar-refractivity contribution in [2.24, 2.45) is 5.92 Å². The maximum Gasteiger partial charge on any atom is 0.0886 e. The van der Waals surface area contributed by atoms with Crippen molar-refractivity contribution in [2.45, 2.75) is 34.1 Å². The van der Waals surface area contributed by atoms with Crippen LogP contribution in [0.1, 0.15) is 34.1 Å². The molecule has 9 heavy (non-hydrogen) atoms. The molecule has 0 aromatic heterocycles. The Hall–Kier alpha value is -0.460. The number of hydrogen-bond acceptors (Lipinski definition) is 1. The van der Waals surface area contributed by atoms with Crippen molar-refractivity contribution in [3.63, 3.8) is 0 Å². The Bertz CT molecular complexity index is 108. The Labute approximate surface area is 57.4 Å². The zero-order valence-corrected chi connectivity index (χ0v) is 6.73. The van der Waals surface area contributed by atoms with Crippen molar-refractivity contribution in [3.05, 3.63) is 11.3 Å². The molecule has 54 valence electrons. The Morgan fingerprint density at radius 2 is 1.89 bits per heavy atom. The number of allylic oxidation sites excluding steroid dienone is 2. The number of aliphatic hydroxyl groups is 1. The first-order valence-electron chi connectivity index (χ1n) is 3.48. The summed E-state index contributed by atoms with van der Waals surface area (Å²) in [5.74, 6) is 0.979. The van der Waals surface area contributed by atoms with Crippen molar-refractivity contribution in [3.8, 4) is 0 Å². The van der Waals surface area contributed by atoms with Crippen LogP contribution in [0, 0.1) is 5.92 Å². The quantitative estimate of drug-likeness (QED) is 0.567. The molecule has 0 amide bonds. The van der Waals surface area contributed by atoms with E-state index in [1.807, 2.05) is 0 Å². The summed E-state index contributed by atoms with van der Waals surface area (Å²) in [7, 11) is 0. The fourth-order valence-corrected chi connectivity index (χ4v) is 1.08. The van der Waals surface area contributed by atoms with Crippen molar-refractivity contribution in [1.29, 1.82) is 0 Å². The summed E-state index contributed by atoms with van der Waals surface area (Å²) in [6.07, 6.45) is 0.958. The molecule has 0 saturated heterocycles. The van der Waals surface area contributed by atoms with Gasteiger partial charge in [-0.2, -0.15) is 0 Å². The minimum Gasteiger partial charge on any atom is -0.513 e.